The van der Waals surface area contributed by atoms with Crippen LogP contribution in [0.5, 0.6) is 0 Å². The molecule has 0 amide bonds. The van der Waals surface area contributed by atoms with Gasteiger partial charge in [-0.15, -0.1) is 0 Å². The van der Waals surface area contributed by atoms with E-state index in [2.05, 4.69) is 15.1 Å². The summed E-state index contributed by atoms with van der Waals surface area (Å²) in [6.07, 6.45) is 3.69. The molecular weight excluding hydrogens is 328 g/mol. The van der Waals surface area contributed by atoms with Gasteiger partial charge in [0.05, 0.1) is 11.0 Å². The lowest BCUT2D eigenvalue weighted by atomic mass is 10.1. The van der Waals surface area contributed by atoms with Crippen LogP contribution >= 0.6 is 0 Å². The number of aromatic nitrogens is 4. The third-order valence-corrected chi connectivity index (χ3v) is 4.16. The molecule has 26 heavy (non-hydrogen) atoms. The number of hydrogen-bond donors (Lipinski definition) is 0. The molecule has 4 rings (SSSR count). The van der Waals surface area contributed by atoms with Crippen LogP contribution in [0.1, 0.15) is 17.1 Å². The topological polar surface area (TPSA) is 73.8 Å². The number of fused-ring (bicyclic) bond motifs is 1. The molecule has 0 bridgehead atoms. The van der Waals surface area contributed by atoms with Crippen molar-refractivity contribution in [2.24, 2.45) is 7.05 Å². The van der Waals surface area contributed by atoms with Gasteiger partial charge in [-0.05, 0) is 36.8 Å². The Morgan fingerprint density at radius 3 is 2.65 bits per heavy atom. The van der Waals surface area contributed by atoms with Gasteiger partial charge in [-0.3, -0.25) is 4.79 Å². The molecule has 0 saturated carbocycles. The number of nitrogens with zero attached hydrogens (tertiary/aromatic N) is 4. The van der Waals surface area contributed by atoms with Crippen LogP contribution in [-0.2, 0) is 7.05 Å². The van der Waals surface area contributed by atoms with E-state index in [0.717, 1.165) is 16.6 Å². The van der Waals surface area contributed by atoms with E-state index in [4.69, 9.17) is 4.52 Å². The Hall–Kier alpha value is -3.54. The van der Waals surface area contributed by atoms with E-state index in [9.17, 15) is 4.79 Å². The molecule has 0 aliphatic carbocycles. The predicted molar refractivity (Wildman–Crippen MR) is 100 cm³/mol. The maximum absolute atomic E-state index is 12.0. The zero-order valence-electron chi connectivity index (χ0n) is 14.4. The van der Waals surface area contributed by atoms with E-state index in [-0.39, 0.29) is 5.56 Å². The van der Waals surface area contributed by atoms with Crippen LogP contribution in [0.3, 0.4) is 0 Å². The second kappa shape index (κ2) is 6.40. The Balaban J connectivity index is 1.68. The fourth-order valence-corrected chi connectivity index (χ4v) is 2.77. The maximum Gasteiger partial charge on any atom is 0.272 e. The lowest BCUT2D eigenvalue weighted by Crippen LogP contribution is -2.20. The summed E-state index contributed by atoms with van der Waals surface area (Å²) < 4.78 is 6.88. The van der Waals surface area contributed by atoms with Crippen molar-refractivity contribution in [2.45, 2.75) is 6.92 Å². The van der Waals surface area contributed by atoms with Crippen molar-refractivity contribution >= 4 is 23.2 Å². The standard InChI is InChI=1S/C20H16N4O2/c1-13-20(25)24(2)17-10-9-15(12-16(17)21-13)19-22-18(26-23-19)11-8-14-6-4-3-5-7-14/h3-12H,1-2H3/b11-8+. The van der Waals surface area contributed by atoms with E-state index in [1.165, 1.54) is 0 Å². The van der Waals surface area contributed by atoms with Gasteiger partial charge in [-0.25, -0.2) is 4.98 Å². The zero-order chi connectivity index (χ0) is 18.1. The summed E-state index contributed by atoms with van der Waals surface area (Å²) in [7, 11) is 1.74. The third-order valence-electron chi connectivity index (χ3n) is 4.16. The average molecular weight is 344 g/mol. The summed E-state index contributed by atoms with van der Waals surface area (Å²) in [5.74, 6) is 0.904. The highest BCUT2D eigenvalue weighted by Crippen LogP contribution is 2.21. The fourth-order valence-electron chi connectivity index (χ4n) is 2.77. The minimum Gasteiger partial charge on any atom is -0.334 e. The van der Waals surface area contributed by atoms with Crippen LogP contribution < -0.4 is 5.56 Å². The molecule has 0 radical (unpaired) electrons. The second-order valence-electron chi connectivity index (χ2n) is 5.97. The Labute approximate surface area is 149 Å². The molecular formula is C20H16N4O2. The molecule has 0 saturated heterocycles. The average Bonchev–Trinajstić information content (AvgIpc) is 3.14. The largest absolute Gasteiger partial charge is 0.334 e. The first kappa shape index (κ1) is 16.0. The van der Waals surface area contributed by atoms with Crippen molar-refractivity contribution < 1.29 is 4.52 Å². The monoisotopic (exact) mass is 344 g/mol. The van der Waals surface area contributed by atoms with Crippen LogP contribution in [0.4, 0.5) is 0 Å². The van der Waals surface area contributed by atoms with Crippen molar-refractivity contribution in [3.63, 3.8) is 0 Å². The minimum absolute atomic E-state index is 0.0989. The van der Waals surface area contributed by atoms with Crippen molar-refractivity contribution in [3.05, 3.63) is 76.0 Å². The highest BCUT2D eigenvalue weighted by molar-refractivity contribution is 5.80. The summed E-state index contributed by atoms with van der Waals surface area (Å²) >= 11 is 0. The maximum atomic E-state index is 12.0. The van der Waals surface area contributed by atoms with Crippen molar-refractivity contribution in [1.82, 2.24) is 19.7 Å². The first-order valence-electron chi connectivity index (χ1n) is 8.16. The van der Waals surface area contributed by atoms with Crippen molar-refractivity contribution in [2.75, 3.05) is 0 Å². The van der Waals surface area contributed by atoms with E-state index in [0.29, 0.717) is 22.9 Å². The SMILES string of the molecule is Cc1nc2cc(-c3noc(/C=C/c4ccccc4)n3)ccc2n(C)c1=O. The number of rotatable bonds is 3. The van der Waals surface area contributed by atoms with E-state index >= 15 is 0 Å². The van der Waals surface area contributed by atoms with Gasteiger partial charge in [0.15, 0.2) is 0 Å². The Morgan fingerprint density at radius 2 is 1.85 bits per heavy atom. The third kappa shape index (κ3) is 2.93. The van der Waals surface area contributed by atoms with Crippen LogP contribution in [0.15, 0.2) is 57.8 Å². The first-order valence-corrected chi connectivity index (χ1v) is 8.16. The quantitative estimate of drug-likeness (QED) is 0.569. The molecule has 0 aliphatic heterocycles. The molecule has 6 nitrogen and oxygen atoms in total. The predicted octanol–water partition coefficient (Wildman–Crippen LogP) is 3.46. The van der Waals surface area contributed by atoms with Crippen molar-refractivity contribution in [3.8, 4) is 11.4 Å². The lowest BCUT2D eigenvalue weighted by Gasteiger charge is -2.06. The van der Waals surface area contributed by atoms with Crippen LogP contribution in [0.2, 0.25) is 0 Å². The van der Waals surface area contributed by atoms with Crippen LogP contribution in [-0.4, -0.2) is 19.7 Å². The Kier molecular flexibility index (Phi) is 3.93. The molecule has 0 N–H and O–H groups in total. The van der Waals surface area contributed by atoms with Gasteiger partial charge in [-0.2, -0.15) is 4.98 Å². The van der Waals surface area contributed by atoms with Gasteiger partial charge in [0.25, 0.3) is 11.4 Å². The lowest BCUT2D eigenvalue weighted by molar-refractivity contribution is 0.411. The smallest absolute Gasteiger partial charge is 0.272 e. The van der Waals surface area contributed by atoms with Gasteiger partial charge >= 0.3 is 0 Å². The molecule has 0 unspecified atom stereocenters. The summed E-state index contributed by atoms with van der Waals surface area (Å²) in [4.78, 5) is 20.8. The van der Waals surface area contributed by atoms with Gasteiger partial charge in [0, 0.05) is 18.7 Å². The molecule has 0 spiro atoms. The van der Waals surface area contributed by atoms with Crippen LogP contribution in [0, 0.1) is 6.92 Å². The fraction of sp³-hybridized carbons (Fsp3) is 0.100. The second-order valence-corrected chi connectivity index (χ2v) is 5.97. The highest BCUT2D eigenvalue weighted by Gasteiger charge is 2.10. The van der Waals surface area contributed by atoms with E-state index in [1.807, 2.05) is 54.6 Å². The summed E-state index contributed by atoms with van der Waals surface area (Å²) in [6, 6.07) is 15.4. The summed E-state index contributed by atoms with van der Waals surface area (Å²) in [5.41, 5.74) is 3.67. The Bertz CT molecular complexity index is 1170. The number of hydrogen-bond acceptors (Lipinski definition) is 5. The van der Waals surface area contributed by atoms with Gasteiger partial charge < -0.3 is 9.09 Å². The zero-order valence-corrected chi connectivity index (χ0v) is 14.4. The van der Waals surface area contributed by atoms with Gasteiger partial charge in [0.2, 0.25) is 5.82 Å². The molecule has 6 heteroatoms. The summed E-state index contributed by atoms with van der Waals surface area (Å²) in [5, 5.41) is 4.03. The summed E-state index contributed by atoms with van der Waals surface area (Å²) in [6.45, 7) is 1.70. The van der Waals surface area contributed by atoms with Crippen LogP contribution in [0.25, 0.3) is 34.6 Å². The molecule has 0 aliphatic rings. The van der Waals surface area contributed by atoms with Gasteiger partial charge in [0.1, 0.15) is 5.69 Å². The molecule has 0 fully saturated rings. The van der Waals surface area contributed by atoms with E-state index < -0.39 is 0 Å². The van der Waals surface area contributed by atoms with Gasteiger partial charge in [-0.1, -0.05) is 35.5 Å². The number of benzene rings is 2. The molecule has 2 heterocycles. The first-order chi connectivity index (χ1) is 12.6. The minimum atomic E-state index is -0.0989. The molecule has 2 aromatic carbocycles. The van der Waals surface area contributed by atoms with E-state index in [1.54, 1.807) is 24.6 Å². The normalized spacial score (nSPS) is 11.5. The number of aryl methyl sites for hydroxylation is 2. The molecule has 128 valence electrons. The molecule has 4 aromatic rings. The highest BCUT2D eigenvalue weighted by atomic mass is 16.5. The van der Waals surface area contributed by atoms with Crippen molar-refractivity contribution in [1.29, 1.82) is 0 Å². The molecule has 2 aromatic heterocycles. The Morgan fingerprint density at radius 1 is 1.04 bits per heavy atom. The molecule has 0 atom stereocenters.